The zero-order valence-electron chi connectivity index (χ0n) is 11.2. The average Bonchev–Trinajstić information content (AvgIpc) is 2.12. The zero-order valence-corrected chi connectivity index (χ0v) is 11.2. The maximum Gasteiger partial charge on any atom is 0.326 e. The van der Waals surface area contributed by atoms with Crippen LogP contribution in [0.3, 0.4) is 0 Å². The van der Waals surface area contributed by atoms with Crippen molar-refractivity contribution in [2.24, 2.45) is 11.3 Å². The number of carboxylic acids is 1. The van der Waals surface area contributed by atoms with Gasteiger partial charge in [-0.25, -0.2) is 4.79 Å². The van der Waals surface area contributed by atoms with Crippen LogP contribution in [0.1, 0.15) is 34.1 Å². The Morgan fingerprint density at radius 3 is 2.24 bits per heavy atom. The summed E-state index contributed by atoms with van der Waals surface area (Å²) in [5, 5.41) is 11.6. The molecular weight excluding hydrogens is 222 g/mol. The summed E-state index contributed by atoms with van der Waals surface area (Å²) in [6.45, 7) is 7.72. The van der Waals surface area contributed by atoms with Gasteiger partial charge in [0.1, 0.15) is 6.04 Å². The number of amides is 1. The normalized spacial score (nSPS) is 15.1. The van der Waals surface area contributed by atoms with Crippen LogP contribution in [0.5, 0.6) is 0 Å². The van der Waals surface area contributed by atoms with E-state index < -0.39 is 17.4 Å². The molecule has 0 saturated heterocycles. The van der Waals surface area contributed by atoms with Gasteiger partial charge in [0, 0.05) is 20.1 Å². The van der Waals surface area contributed by atoms with Crippen LogP contribution in [0, 0.1) is 11.3 Å². The van der Waals surface area contributed by atoms with Gasteiger partial charge in [-0.2, -0.15) is 0 Å². The fourth-order valence-electron chi connectivity index (χ4n) is 1.53. The number of ether oxygens (including phenoxy) is 1. The van der Waals surface area contributed by atoms with Crippen LogP contribution in [0.4, 0.5) is 0 Å². The van der Waals surface area contributed by atoms with Crippen LogP contribution >= 0.6 is 0 Å². The number of methoxy groups -OCH3 is 1. The predicted molar refractivity (Wildman–Crippen MR) is 64.7 cm³/mol. The number of carbonyl (C=O) groups is 2. The first-order valence-electron chi connectivity index (χ1n) is 5.69. The first-order valence-corrected chi connectivity index (χ1v) is 5.69. The highest BCUT2D eigenvalue weighted by Gasteiger charge is 2.32. The van der Waals surface area contributed by atoms with E-state index in [1.165, 1.54) is 0 Å². The largest absolute Gasteiger partial charge is 0.480 e. The number of carboxylic acid groups (broad SMARTS) is 1. The third-order valence-corrected chi connectivity index (χ3v) is 2.40. The van der Waals surface area contributed by atoms with E-state index in [0.29, 0.717) is 6.61 Å². The molecule has 5 nitrogen and oxygen atoms in total. The van der Waals surface area contributed by atoms with Crippen molar-refractivity contribution in [2.75, 3.05) is 13.7 Å². The standard InChI is InChI=1S/C12H23NO4/c1-8(7-17-5)6-9(14)13-10(11(15)16)12(2,3)4/h8,10H,6-7H2,1-5H3,(H,13,14)(H,15,16)/t8?,10-/m0/s1. The predicted octanol–water partition coefficient (Wildman–Crippen LogP) is 1.27. The van der Waals surface area contributed by atoms with Crippen molar-refractivity contribution < 1.29 is 19.4 Å². The lowest BCUT2D eigenvalue weighted by atomic mass is 9.86. The lowest BCUT2D eigenvalue weighted by Crippen LogP contribution is -2.49. The van der Waals surface area contributed by atoms with Gasteiger partial charge in [-0.15, -0.1) is 0 Å². The van der Waals surface area contributed by atoms with Crippen LogP contribution in [-0.4, -0.2) is 36.7 Å². The average molecular weight is 245 g/mol. The maximum atomic E-state index is 11.7. The van der Waals surface area contributed by atoms with Crippen molar-refractivity contribution >= 4 is 11.9 Å². The number of hydrogen-bond acceptors (Lipinski definition) is 3. The van der Waals surface area contributed by atoms with Gasteiger partial charge in [-0.05, 0) is 11.3 Å². The van der Waals surface area contributed by atoms with Crippen LogP contribution in [0.25, 0.3) is 0 Å². The second-order valence-corrected chi connectivity index (χ2v) is 5.47. The minimum atomic E-state index is -1.01. The van der Waals surface area contributed by atoms with Crippen molar-refractivity contribution in [2.45, 2.75) is 40.2 Å². The van der Waals surface area contributed by atoms with E-state index in [0.717, 1.165) is 0 Å². The van der Waals surface area contributed by atoms with Gasteiger partial charge in [-0.3, -0.25) is 4.79 Å². The summed E-state index contributed by atoms with van der Waals surface area (Å²) in [6, 6.07) is -0.871. The molecule has 2 atom stereocenters. The van der Waals surface area contributed by atoms with E-state index in [2.05, 4.69) is 5.32 Å². The fourth-order valence-corrected chi connectivity index (χ4v) is 1.53. The minimum Gasteiger partial charge on any atom is -0.480 e. The monoisotopic (exact) mass is 245 g/mol. The first-order chi connectivity index (χ1) is 7.68. The molecule has 0 aliphatic rings. The molecule has 0 aromatic rings. The Hall–Kier alpha value is -1.10. The lowest BCUT2D eigenvalue weighted by molar-refractivity contribution is -0.145. The number of carbonyl (C=O) groups excluding carboxylic acids is 1. The quantitative estimate of drug-likeness (QED) is 0.739. The van der Waals surface area contributed by atoms with Crippen molar-refractivity contribution in [3.05, 3.63) is 0 Å². The van der Waals surface area contributed by atoms with Crippen molar-refractivity contribution in [3.63, 3.8) is 0 Å². The molecule has 0 aliphatic carbocycles. The highest BCUT2D eigenvalue weighted by Crippen LogP contribution is 2.19. The Bertz CT molecular complexity index is 270. The third-order valence-electron chi connectivity index (χ3n) is 2.40. The maximum absolute atomic E-state index is 11.7. The molecule has 0 spiro atoms. The highest BCUT2D eigenvalue weighted by molar-refractivity contribution is 5.84. The van der Waals surface area contributed by atoms with Crippen molar-refractivity contribution in [1.82, 2.24) is 5.32 Å². The van der Waals surface area contributed by atoms with Crippen LogP contribution in [0.2, 0.25) is 0 Å². The van der Waals surface area contributed by atoms with E-state index in [1.54, 1.807) is 27.9 Å². The number of hydrogen-bond donors (Lipinski definition) is 2. The van der Waals surface area contributed by atoms with Crippen LogP contribution in [0.15, 0.2) is 0 Å². The molecule has 1 amide bonds. The van der Waals surface area contributed by atoms with E-state index in [-0.39, 0.29) is 18.2 Å². The molecule has 0 aromatic carbocycles. The second kappa shape index (κ2) is 6.59. The molecule has 100 valence electrons. The Kier molecular flexibility index (Phi) is 6.16. The summed E-state index contributed by atoms with van der Waals surface area (Å²) in [7, 11) is 1.57. The molecule has 0 radical (unpaired) electrons. The van der Waals surface area contributed by atoms with Gasteiger partial charge in [0.2, 0.25) is 5.91 Å². The summed E-state index contributed by atoms with van der Waals surface area (Å²) in [4.78, 5) is 22.7. The van der Waals surface area contributed by atoms with Gasteiger partial charge in [0.15, 0.2) is 0 Å². The van der Waals surface area contributed by atoms with Gasteiger partial charge < -0.3 is 15.2 Å². The molecular formula is C12H23NO4. The second-order valence-electron chi connectivity index (χ2n) is 5.47. The molecule has 2 N–H and O–H groups in total. The van der Waals surface area contributed by atoms with Gasteiger partial charge >= 0.3 is 5.97 Å². The number of rotatable bonds is 6. The number of nitrogens with one attached hydrogen (secondary N) is 1. The molecule has 17 heavy (non-hydrogen) atoms. The third kappa shape index (κ3) is 6.26. The molecule has 5 heteroatoms. The Labute approximate surface area is 103 Å². The lowest BCUT2D eigenvalue weighted by Gasteiger charge is -2.28. The molecule has 0 rings (SSSR count). The van der Waals surface area contributed by atoms with Crippen LogP contribution in [-0.2, 0) is 14.3 Å². The van der Waals surface area contributed by atoms with Gasteiger partial charge in [0.05, 0.1) is 0 Å². The molecule has 0 aromatic heterocycles. The smallest absolute Gasteiger partial charge is 0.326 e. The fraction of sp³-hybridized carbons (Fsp3) is 0.833. The Balaban J connectivity index is 4.38. The molecule has 0 aliphatic heterocycles. The molecule has 0 heterocycles. The summed E-state index contributed by atoms with van der Waals surface area (Å²) < 4.78 is 4.93. The Morgan fingerprint density at radius 1 is 1.35 bits per heavy atom. The summed E-state index contributed by atoms with van der Waals surface area (Å²) in [5.41, 5.74) is -0.508. The SMILES string of the molecule is COCC(C)CC(=O)N[C@@H](C(=O)O)C(C)(C)C. The molecule has 1 unspecified atom stereocenters. The molecule has 0 saturated carbocycles. The molecule has 0 fully saturated rings. The minimum absolute atomic E-state index is 0.0782. The molecule has 0 bridgehead atoms. The topological polar surface area (TPSA) is 75.6 Å². The zero-order chi connectivity index (χ0) is 13.6. The number of aliphatic carboxylic acids is 1. The Morgan fingerprint density at radius 2 is 1.88 bits per heavy atom. The highest BCUT2D eigenvalue weighted by atomic mass is 16.5. The van der Waals surface area contributed by atoms with Crippen molar-refractivity contribution in [3.8, 4) is 0 Å². The van der Waals surface area contributed by atoms with Crippen molar-refractivity contribution in [1.29, 1.82) is 0 Å². The summed E-state index contributed by atoms with van der Waals surface area (Å²) in [6.07, 6.45) is 0.272. The van der Waals surface area contributed by atoms with Gasteiger partial charge in [-0.1, -0.05) is 27.7 Å². The van der Waals surface area contributed by atoms with E-state index in [1.807, 2.05) is 6.92 Å². The van der Waals surface area contributed by atoms with E-state index in [4.69, 9.17) is 9.84 Å². The summed E-state index contributed by atoms with van der Waals surface area (Å²) >= 11 is 0. The van der Waals surface area contributed by atoms with Gasteiger partial charge in [0.25, 0.3) is 0 Å². The van der Waals surface area contributed by atoms with Crippen LogP contribution < -0.4 is 5.32 Å². The summed E-state index contributed by atoms with van der Waals surface area (Å²) in [5.74, 6) is -1.18. The van der Waals surface area contributed by atoms with E-state index >= 15 is 0 Å². The first kappa shape index (κ1) is 15.9. The van der Waals surface area contributed by atoms with E-state index in [9.17, 15) is 9.59 Å².